The van der Waals surface area contributed by atoms with Gasteiger partial charge in [-0.3, -0.25) is 4.98 Å². The van der Waals surface area contributed by atoms with Crippen molar-refractivity contribution in [2.24, 2.45) is 0 Å². The fraction of sp³-hybridized carbons (Fsp3) is 0.615. The number of aromatic nitrogens is 1. The summed E-state index contributed by atoms with van der Waals surface area (Å²) in [6, 6.07) is 4.37. The summed E-state index contributed by atoms with van der Waals surface area (Å²) in [7, 11) is 2.22. The molecule has 1 spiro atoms. The molecule has 0 radical (unpaired) electrons. The highest BCUT2D eigenvalue weighted by molar-refractivity contribution is 5.33. The van der Waals surface area contributed by atoms with Crippen LogP contribution in [0.3, 0.4) is 0 Å². The molecule has 0 bridgehead atoms. The highest BCUT2D eigenvalue weighted by Crippen LogP contribution is 2.37. The first-order chi connectivity index (χ1) is 7.80. The topological polar surface area (TPSA) is 28.2 Å². The maximum atomic E-state index is 4.51. The maximum absolute atomic E-state index is 4.51. The van der Waals surface area contributed by atoms with Crippen LogP contribution in [0.4, 0.5) is 0 Å². The average Bonchev–Trinajstić information content (AvgIpc) is 2.34. The molecule has 2 aliphatic heterocycles. The lowest BCUT2D eigenvalue weighted by atomic mass is 9.70. The first-order valence-electron chi connectivity index (χ1n) is 6.14. The molecular formula is C13H19N3. The lowest BCUT2D eigenvalue weighted by Crippen LogP contribution is -2.50. The number of pyridine rings is 1. The summed E-state index contributed by atoms with van der Waals surface area (Å²) in [5.74, 6) is 0. The molecular weight excluding hydrogens is 198 g/mol. The van der Waals surface area contributed by atoms with E-state index in [9.17, 15) is 0 Å². The lowest BCUT2D eigenvalue weighted by molar-refractivity contribution is 0.175. The van der Waals surface area contributed by atoms with E-state index in [1.807, 2.05) is 6.20 Å². The van der Waals surface area contributed by atoms with E-state index in [0.29, 0.717) is 5.41 Å². The minimum absolute atomic E-state index is 0.356. The second kappa shape index (κ2) is 3.82. The molecule has 2 aliphatic rings. The fourth-order valence-corrected chi connectivity index (χ4v) is 3.07. The van der Waals surface area contributed by atoms with Crippen LogP contribution in [-0.4, -0.2) is 36.6 Å². The van der Waals surface area contributed by atoms with Gasteiger partial charge in [0.25, 0.3) is 0 Å². The molecule has 1 saturated heterocycles. The molecule has 0 aliphatic carbocycles. The third-order valence-electron chi connectivity index (χ3n) is 4.16. The Morgan fingerprint density at radius 2 is 2.19 bits per heavy atom. The standard InChI is InChI=1S/C13H19N3/c1-16-7-4-13(5-8-16)10-14-9-12-11(13)3-2-6-15-12/h2-3,6,14H,4-5,7-10H2,1H3. The highest BCUT2D eigenvalue weighted by Gasteiger charge is 2.38. The molecule has 3 rings (SSSR count). The van der Waals surface area contributed by atoms with Gasteiger partial charge in [-0.15, -0.1) is 0 Å². The number of piperidine rings is 1. The van der Waals surface area contributed by atoms with Gasteiger partial charge in [0, 0.05) is 24.7 Å². The average molecular weight is 217 g/mol. The summed E-state index contributed by atoms with van der Waals surface area (Å²) >= 11 is 0. The Morgan fingerprint density at radius 1 is 1.38 bits per heavy atom. The third-order valence-corrected chi connectivity index (χ3v) is 4.16. The van der Waals surface area contributed by atoms with Crippen molar-refractivity contribution in [2.75, 3.05) is 26.7 Å². The van der Waals surface area contributed by atoms with Crippen LogP contribution in [0.5, 0.6) is 0 Å². The van der Waals surface area contributed by atoms with Crippen molar-refractivity contribution in [3.8, 4) is 0 Å². The molecule has 0 amide bonds. The third kappa shape index (κ3) is 1.55. The van der Waals surface area contributed by atoms with E-state index in [-0.39, 0.29) is 0 Å². The Bertz CT molecular complexity index is 381. The molecule has 1 fully saturated rings. The van der Waals surface area contributed by atoms with Gasteiger partial charge in [-0.1, -0.05) is 6.07 Å². The van der Waals surface area contributed by atoms with Crippen LogP contribution in [0.1, 0.15) is 24.1 Å². The number of nitrogens with one attached hydrogen (secondary N) is 1. The predicted molar refractivity (Wildman–Crippen MR) is 64.4 cm³/mol. The lowest BCUT2D eigenvalue weighted by Gasteiger charge is -2.44. The van der Waals surface area contributed by atoms with E-state index in [4.69, 9.17) is 0 Å². The van der Waals surface area contributed by atoms with Crippen LogP contribution >= 0.6 is 0 Å². The van der Waals surface area contributed by atoms with Gasteiger partial charge in [0.1, 0.15) is 0 Å². The number of hydrogen-bond acceptors (Lipinski definition) is 3. The predicted octanol–water partition coefficient (Wildman–Crippen LogP) is 1.15. The van der Waals surface area contributed by atoms with E-state index in [1.54, 1.807) is 0 Å². The first kappa shape index (κ1) is 10.2. The Balaban J connectivity index is 1.97. The summed E-state index contributed by atoms with van der Waals surface area (Å²) in [5, 5.41) is 3.54. The molecule has 3 heteroatoms. The molecule has 3 nitrogen and oxygen atoms in total. The zero-order chi connectivity index (χ0) is 11.0. The van der Waals surface area contributed by atoms with Gasteiger partial charge >= 0.3 is 0 Å². The summed E-state index contributed by atoms with van der Waals surface area (Å²) in [5.41, 5.74) is 3.12. The zero-order valence-electron chi connectivity index (χ0n) is 9.87. The minimum atomic E-state index is 0.356. The number of likely N-dealkylation sites (tertiary alicyclic amines) is 1. The molecule has 1 aromatic rings. The van der Waals surface area contributed by atoms with E-state index in [2.05, 4.69) is 34.4 Å². The van der Waals surface area contributed by atoms with Crippen molar-refractivity contribution in [3.63, 3.8) is 0 Å². The second-order valence-corrected chi connectivity index (χ2v) is 5.18. The zero-order valence-corrected chi connectivity index (χ0v) is 9.87. The van der Waals surface area contributed by atoms with Crippen molar-refractivity contribution < 1.29 is 0 Å². The smallest absolute Gasteiger partial charge is 0.0579 e. The maximum Gasteiger partial charge on any atom is 0.0579 e. The summed E-state index contributed by atoms with van der Waals surface area (Å²) in [6.07, 6.45) is 4.43. The summed E-state index contributed by atoms with van der Waals surface area (Å²) in [6.45, 7) is 4.47. The van der Waals surface area contributed by atoms with Gasteiger partial charge in [-0.2, -0.15) is 0 Å². The molecule has 0 unspecified atom stereocenters. The Kier molecular flexibility index (Phi) is 2.45. The monoisotopic (exact) mass is 217 g/mol. The van der Waals surface area contributed by atoms with Crippen molar-refractivity contribution in [1.82, 2.24) is 15.2 Å². The summed E-state index contributed by atoms with van der Waals surface area (Å²) in [4.78, 5) is 6.94. The molecule has 3 heterocycles. The van der Waals surface area contributed by atoms with Gasteiger partial charge in [0.05, 0.1) is 5.69 Å². The molecule has 0 saturated carbocycles. The molecule has 0 aromatic carbocycles. The van der Waals surface area contributed by atoms with Crippen LogP contribution in [0.25, 0.3) is 0 Å². The van der Waals surface area contributed by atoms with Crippen LogP contribution in [0.15, 0.2) is 18.3 Å². The molecule has 86 valence electrons. The Labute approximate surface area is 96.9 Å². The SMILES string of the molecule is CN1CCC2(CC1)CNCc1ncccc12. The van der Waals surface area contributed by atoms with Gasteiger partial charge in [-0.25, -0.2) is 0 Å². The van der Waals surface area contributed by atoms with Gasteiger partial charge in [0.2, 0.25) is 0 Å². The van der Waals surface area contributed by atoms with Crippen LogP contribution in [-0.2, 0) is 12.0 Å². The van der Waals surface area contributed by atoms with Crippen LogP contribution in [0, 0.1) is 0 Å². The van der Waals surface area contributed by atoms with Crippen molar-refractivity contribution in [2.45, 2.75) is 24.8 Å². The highest BCUT2D eigenvalue weighted by atomic mass is 15.1. The summed E-state index contributed by atoms with van der Waals surface area (Å²) < 4.78 is 0. The normalized spacial score (nSPS) is 24.3. The molecule has 1 aromatic heterocycles. The van der Waals surface area contributed by atoms with E-state index >= 15 is 0 Å². The van der Waals surface area contributed by atoms with Crippen molar-refractivity contribution in [1.29, 1.82) is 0 Å². The quantitative estimate of drug-likeness (QED) is 0.706. The molecule has 1 N–H and O–H groups in total. The van der Waals surface area contributed by atoms with E-state index in [0.717, 1.165) is 13.1 Å². The van der Waals surface area contributed by atoms with Crippen LogP contribution < -0.4 is 5.32 Å². The second-order valence-electron chi connectivity index (χ2n) is 5.18. The Hall–Kier alpha value is -0.930. The number of fused-ring (bicyclic) bond motifs is 2. The van der Waals surface area contributed by atoms with Crippen molar-refractivity contribution >= 4 is 0 Å². The molecule has 0 atom stereocenters. The van der Waals surface area contributed by atoms with Gasteiger partial charge < -0.3 is 10.2 Å². The number of rotatable bonds is 0. The van der Waals surface area contributed by atoms with E-state index in [1.165, 1.54) is 37.2 Å². The van der Waals surface area contributed by atoms with Crippen LogP contribution in [0.2, 0.25) is 0 Å². The van der Waals surface area contributed by atoms with Crippen molar-refractivity contribution in [3.05, 3.63) is 29.6 Å². The van der Waals surface area contributed by atoms with Gasteiger partial charge in [0.15, 0.2) is 0 Å². The first-order valence-corrected chi connectivity index (χ1v) is 6.14. The largest absolute Gasteiger partial charge is 0.310 e. The fourth-order valence-electron chi connectivity index (χ4n) is 3.07. The minimum Gasteiger partial charge on any atom is -0.310 e. The molecule has 16 heavy (non-hydrogen) atoms. The Morgan fingerprint density at radius 3 is 3.00 bits per heavy atom. The van der Waals surface area contributed by atoms with Gasteiger partial charge in [-0.05, 0) is 44.6 Å². The van der Waals surface area contributed by atoms with E-state index < -0.39 is 0 Å². The number of hydrogen-bond donors (Lipinski definition) is 1. The number of nitrogens with zero attached hydrogens (tertiary/aromatic N) is 2.